The lowest BCUT2D eigenvalue weighted by atomic mass is 10.2. The Kier molecular flexibility index (Phi) is 7.10. The molecule has 0 bridgehead atoms. The first kappa shape index (κ1) is 20.0. The third kappa shape index (κ3) is 6.14. The summed E-state index contributed by atoms with van der Waals surface area (Å²) in [5, 5.41) is 14.6. The van der Waals surface area contributed by atoms with Gasteiger partial charge in [0.15, 0.2) is 0 Å². The minimum absolute atomic E-state index is 0.0718. The van der Waals surface area contributed by atoms with Crippen molar-refractivity contribution in [2.75, 3.05) is 11.1 Å². The van der Waals surface area contributed by atoms with Crippen LogP contribution in [0.3, 0.4) is 0 Å². The zero-order valence-electron chi connectivity index (χ0n) is 15.2. The molecule has 0 fully saturated rings. The number of thioether (sulfide) groups is 1. The van der Waals surface area contributed by atoms with Gasteiger partial charge in [0, 0.05) is 17.6 Å². The molecule has 2 heterocycles. The maximum atomic E-state index is 12.2. The van der Waals surface area contributed by atoms with Gasteiger partial charge in [-0.1, -0.05) is 35.1 Å². The Balaban J connectivity index is 1.41. The molecule has 2 amide bonds. The van der Waals surface area contributed by atoms with Crippen LogP contribution in [0.4, 0.5) is 5.69 Å². The first-order valence-corrected chi connectivity index (χ1v) is 10.5. The number of hydrogen-bond donors (Lipinski definition) is 2. The van der Waals surface area contributed by atoms with E-state index < -0.39 is 0 Å². The van der Waals surface area contributed by atoms with Crippen molar-refractivity contribution in [2.45, 2.75) is 19.2 Å². The number of amides is 2. The van der Waals surface area contributed by atoms with Crippen molar-refractivity contribution in [3.05, 3.63) is 69.9 Å². The predicted molar refractivity (Wildman–Crippen MR) is 111 cm³/mol. The molecule has 2 N–H and O–H groups in total. The highest BCUT2D eigenvalue weighted by atomic mass is 32.2. The minimum atomic E-state index is -0.286. The number of aromatic nitrogens is 3. The van der Waals surface area contributed by atoms with E-state index in [4.69, 9.17) is 0 Å². The molecule has 0 saturated carbocycles. The van der Waals surface area contributed by atoms with Crippen molar-refractivity contribution >= 4 is 40.6 Å². The van der Waals surface area contributed by atoms with Gasteiger partial charge in [-0.25, -0.2) is 0 Å². The summed E-state index contributed by atoms with van der Waals surface area (Å²) in [5.74, 6) is 0.465. The van der Waals surface area contributed by atoms with E-state index in [0.717, 1.165) is 11.3 Å². The molecule has 28 heavy (non-hydrogen) atoms. The zero-order valence-corrected chi connectivity index (χ0v) is 16.8. The smallest absolute Gasteiger partial charge is 0.286 e. The fourth-order valence-electron chi connectivity index (χ4n) is 2.20. The lowest BCUT2D eigenvalue weighted by Crippen LogP contribution is -2.25. The second kappa shape index (κ2) is 9.95. The number of rotatable bonds is 8. The van der Waals surface area contributed by atoms with E-state index in [9.17, 15) is 9.59 Å². The summed E-state index contributed by atoms with van der Waals surface area (Å²) in [5.41, 5.74) is 2.65. The molecule has 3 aromatic rings. The van der Waals surface area contributed by atoms with Crippen LogP contribution in [0.25, 0.3) is 0 Å². The molecule has 0 unspecified atom stereocenters. The highest BCUT2D eigenvalue weighted by Crippen LogP contribution is 2.18. The molecule has 0 spiro atoms. The molecule has 0 atom stereocenters. The topological polar surface area (TPSA) is 96.9 Å². The van der Waals surface area contributed by atoms with Crippen LogP contribution in [0.5, 0.6) is 0 Å². The number of pyridine rings is 1. The van der Waals surface area contributed by atoms with Crippen LogP contribution in [-0.2, 0) is 17.1 Å². The average molecular weight is 414 g/mol. The molecular formula is C19H19N5O2S2. The SMILES string of the molecule is Cc1ccc(NC(=O)c2nnc(CSCC(=O)NCc3ccccn3)s2)cc1. The predicted octanol–water partition coefficient (Wildman–Crippen LogP) is 3.04. The van der Waals surface area contributed by atoms with Gasteiger partial charge in [0.05, 0.1) is 18.0 Å². The van der Waals surface area contributed by atoms with E-state index in [1.165, 1.54) is 23.1 Å². The van der Waals surface area contributed by atoms with Crippen LogP contribution in [0.1, 0.15) is 26.1 Å². The van der Waals surface area contributed by atoms with Gasteiger partial charge in [0.25, 0.3) is 5.91 Å². The molecular weight excluding hydrogens is 394 g/mol. The maximum absolute atomic E-state index is 12.2. The van der Waals surface area contributed by atoms with Crippen LogP contribution in [-0.4, -0.2) is 32.7 Å². The number of anilines is 1. The normalized spacial score (nSPS) is 10.5. The number of aryl methyl sites for hydroxylation is 1. The molecule has 2 aromatic heterocycles. The van der Waals surface area contributed by atoms with Gasteiger partial charge in [-0.3, -0.25) is 14.6 Å². The van der Waals surface area contributed by atoms with Gasteiger partial charge in [-0.15, -0.1) is 22.0 Å². The quantitative estimate of drug-likeness (QED) is 0.589. The second-order valence-electron chi connectivity index (χ2n) is 5.91. The number of carbonyl (C=O) groups is 2. The minimum Gasteiger partial charge on any atom is -0.350 e. The molecule has 0 aliphatic rings. The fraction of sp³-hybridized carbons (Fsp3) is 0.211. The van der Waals surface area contributed by atoms with E-state index >= 15 is 0 Å². The van der Waals surface area contributed by atoms with Crippen LogP contribution in [0, 0.1) is 6.92 Å². The number of nitrogens with one attached hydrogen (secondary N) is 2. The maximum Gasteiger partial charge on any atom is 0.286 e. The van der Waals surface area contributed by atoms with Crippen molar-refractivity contribution in [2.24, 2.45) is 0 Å². The van der Waals surface area contributed by atoms with Crippen molar-refractivity contribution < 1.29 is 9.59 Å². The summed E-state index contributed by atoms with van der Waals surface area (Å²) < 4.78 is 0. The Labute approximate surface area is 171 Å². The van der Waals surface area contributed by atoms with Crippen LogP contribution in [0.15, 0.2) is 48.7 Å². The summed E-state index contributed by atoms with van der Waals surface area (Å²) in [6, 6.07) is 13.1. The van der Waals surface area contributed by atoms with Gasteiger partial charge in [0.1, 0.15) is 5.01 Å². The van der Waals surface area contributed by atoms with E-state index in [-0.39, 0.29) is 11.8 Å². The monoisotopic (exact) mass is 413 g/mol. The van der Waals surface area contributed by atoms with Crippen molar-refractivity contribution in [1.82, 2.24) is 20.5 Å². The molecule has 0 radical (unpaired) electrons. The van der Waals surface area contributed by atoms with Gasteiger partial charge in [-0.2, -0.15) is 0 Å². The highest BCUT2D eigenvalue weighted by molar-refractivity contribution is 7.99. The van der Waals surface area contributed by atoms with Crippen molar-refractivity contribution in [3.63, 3.8) is 0 Å². The van der Waals surface area contributed by atoms with E-state index in [1.807, 2.05) is 49.4 Å². The summed E-state index contributed by atoms with van der Waals surface area (Å²) in [6.45, 7) is 2.39. The first-order valence-electron chi connectivity index (χ1n) is 8.55. The van der Waals surface area contributed by atoms with E-state index in [1.54, 1.807) is 6.20 Å². The molecule has 9 heteroatoms. The van der Waals surface area contributed by atoms with Crippen molar-refractivity contribution in [3.8, 4) is 0 Å². The Morgan fingerprint density at radius 2 is 1.93 bits per heavy atom. The van der Waals surface area contributed by atoms with Gasteiger partial charge >= 0.3 is 0 Å². The second-order valence-corrected chi connectivity index (χ2v) is 7.96. The van der Waals surface area contributed by atoms with Gasteiger partial charge in [-0.05, 0) is 31.2 Å². The van der Waals surface area contributed by atoms with Crippen molar-refractivity contribution in [1.29, 1.82) is 0 Å². The first-order chi connectivity index (χ1) is 13.6. The third-order valence-electron chi connectivity index (χ3n) is 3.62. The Bertz CT molecular complexity index is 929. The van der Waals surface area contributed by atoms with Crippen LogP contribution >= 0.6 is 23.1 Å². The van der Waals surface area contributed by atoms with Crippen LogP contribution in [0.2, 0.25) is 0 Å². The molecule has 144 valence electrons. The Hall–Kier alpha value is -2.78. The number of hydrogen-bond acceptors (Lipinski definition) is 7. The van der Waals surface area contributed by atoms with E-state index in [2.05, 4.69) is 25.8 Å². The standard InChI is InChI=1S/C19H19N5O2S2/c1-13-5-7-14(8-6-13)22-18(26)19-24-23-17(28-19)12-27-11-16(25)21-10-15-4-2-3-9-20-15/h2-9H,10-12H2,1H3,(H,21,25)(H,22,26). The number of benzene rings is 1. The summed E-state index contributed by atoms with van der Waals surface area (Å²) in [6.07, 6.45) is 1.69. The lowest BCUT2D eigenvalue weighted by Gasteiger charge is -2.03. The number of carbonyl (C=O) groups excluding carboxylic acids is 2. The summed E-state index contributed by atoms with van der Waals surface area (Å²) in [4.78, 5) is 28.3. The molecule has 1 aromatic carbocycles. The molecule has 7 nitrogen and oxygen atoms in total. The average Bonchev–Trinajstić information content (AvgIpc) is 3.18. The molecule has 3 rings (SSSR count). The Morgan fingerprint density at radius 3 is 2.68 bits per heavy atom. The summed E-state index contributed by atoms with van der Waals surface area (Å²) in [7, 11) is 0. The van der Waals surface area contributed by atoms with Crippen LogP contribution < -0.4 is 10.6 Å². The highest BCUT2D eigenvalue weighted by Gasteiger charge is 2.13. The largest absolute Gasteiger partial charge is 0.350 e. The molecule has 0 saturated heterocycles. The lowest BCUT2D eigenvalue weighted by molar-refractivity contribution is -0.118. The van der Waals surface area contributed by atoms with Gasteiger partial charge < -0.3 is 10.6 Å². The van der Waals surface area contributed by atoms with E-state index in [0.29, 0.717) is 33.8 Å². The third-order valence-corrected chi connectivity index (χ3v) is 5.67. The summed E-state index contributed by atoms with van der Waals surface area (Å²) >= 11 is 2.65. The zero-order chi connectivity index (χ0) is 19.8. The fourth-order valence-corrected chi connectivity index (χ4v) is 3.84. The van der Waals surface area contributed by atoms with Gasteiger partial charge in [0.2, 0.25) is 10.9 Å². The molecule has 0 aliphatic heterocycles. The number of nitrogens with zero attached hydrogens (tertiary/aromatic N) is 3. The molecule has 0 aliphatic carbocycles. The Morgan fingerprint density at radius 1 is 1.11 bits per heavy atom.